The number of amides is 3. The van der Waals surface area contributed by atoms with Crippen molar-refractivity contribution < 1.29 is 42.2 Å². The van der Waals surface area contributed by atoms with Crippen LogP contribution in [0.15, 0.2) is 85.2 Å². The maximum absolute atomic E-state index is 14.0. The normalized spacial score (nSPS) is 20.1. The minimum Gasteiger partial charge on any atom is -0.497 e. The zero-order valence-corrected chi connectivity index (χ0v) is 35.7. The second-order valence-corrected chi connectivity index (χ2v) is 17.1. The number of benzene rings is 3. The zero-order chi connectivity index (χ0) is 44.7. The quantitative estimate of drug-likeness (QED) is 0.128. The van der Waals surface area contributed by atoms with Gasteiger partial charge in [0.05, 0.1) is 25.0 Å². The van der Waals surface area contributed by atoms with Crippen LogP contribution in [0, 0.1) is 23.7 Å². The Bertz CT molecular complexity index is 2290. The maximum atomic E-state index is 14.0. The van der Waals surface area contributed by atoms with Gasteiger partial charge in [-0.25, -0.2) is 9.97 Å². The van der Waals surface area contributed by atoms with Crippen molar-refractivity contribution >= 4 is 35.0 Å². The summed E-state index contributed by atoms with van der Waals surface area (Å²) in [7, 11) is 1.25. The molecule has 11 nitrogen and oxygen atoms in total. The summed E-state index contributed by atoms with van der Waals surface area (Å²) in [4.78, 5) is 64.2. The van der Waals surface area contributed by atoms with Gasteiger partial charge < -0.3 is 25.0 Å². The van der Waals surface area contributed by atoms with E-state index < -0.39 is 41.9 Å². The highest BCUT2D eigenvalue weighted by molar-refractivity contribution is 5.98. The number of carbonyl (C=O) groups excluding carboxylic acids is 3. The van der Waals surface area contributed by atoms with Gasteiger partial charge in [-0.1, -0.05) is 62.6 Å². The van der Waals surface area contributed by atoms with E-state index in [1.54, 1.807) is 0 Å². The fraction of sp³-hybridized carbons (Fsp3) is 0.429. The Morgan fingerprint density at radius 2 is 1.60 bits per heavy atom. The van der Waals surface area contributed by atoms with Gasteiger partial charge in [-0.3, -0.25) is 19.2 Å². The van der Waals surface area contributed by atoms with Crippen molar-refractivity contribution in [2.45, 2.75) is 83.9 Å². The van der Waals surface area contributed by atoms with Crippen LogP contribution in [0.2, 0.25) is 0 Å². The first kappa shape index (κ1) is 45.0. The van der Waals surface area contributed by atoms with Crippen molar-refractivity contribution in [3.8, 4) is 17.1 Å². The molecule has 4 aromatic rings. The molecule has 2 aliphatic carbocycles. The van der Waals surface area contributed by atoms with Crippen molar-refractivity contribution in [1.82, 2.24) is 19.8 Å². The number of alkyl halides is 3. The third-order valence-electron chi connectivity index (χ3n) is 13.1. The van der Waals surface area contributed by atoms with Gasteiger partial charge >= 0.3 is 12.1 Å². The Morgan fingerprint density at radius 3 is 2.21 bits per heavy atom. The largest absolute Gasteiger partial charge is 0.497 e. The molecule has 1 aromatic heterocycles. The molecule has 0 bridgehead atoms. The molecule has 2 N–H and O–H groups in total. The van der Waals surface area contributed by atoms with Crippen molar-refractivity contribution in [3.63, 3.8) is 0 Å². The number of methoxy groups -OCH3 is 1. The van der Waals surface area contributed by atoms with E-state index >= 15 is 0 Å². The predicted molar refractivity (Wildman–Crippen MR) is 232 cm³/mol. The number of rotatable bonds is 14. The van der Waals surface area contributed by atoms with Crippen molar-refractivity contribution in [2.24, 2.45) is 23.7 Å². The summed E-state index contributed by atoms with van der Waals surface area (Å²) in [6.07, 6.45) is 11.3. The summed E-state index contributed by atoms with van der Waals surface area (Å²) >= 11 is 0. The highest BCUT2D eigenvalue weighted by Crippen LogP contribution is 2.42. The third-order valence-corrected chi connectivity index (χ3v) is 13.1. The summed E-state index contributed by atoms with van der Waals surface area (Å²) in [5, 5.41) is 12.1. The average molecular weight is 866 g/mol. The number of ether oxygens (including phenoxy) is 1. The number of aliphatic carboxylic acids is 1. The lowest BCUT2D eigenvalue weighted by atomic mass is 9.71. The Hall–Kier alpha value is -6.05. The molecule has 1 aliphatic heterocycles. The fourth-order valence-electron chi connectivity index (χ4n) is 9.24. The number of carbonyl (C=O) groups is 4. The summed E-state index contributed by atoms with van der Waals surface area (Å²) in [6.45, 7) is 2.37. The topological polar surface area (TPSA) is 142 Å². The number of likely N-dealkylation sites (tertiary alicyclic amines) is 1. The lowest BCUT2D eigenvalue weighted by molar-refractivity contribution is -0.141. The van der Waals surface area contributed by atoms with Crippen molar-refractivity contribution in [2.75, 3.05) is 32.1 Å². The van der Waals surface area contributed by atoms with Crippen LogP contribution < -0.4 is 10.1 Å². The molecule has 0 spiro atoms. The Kier molecular flexibility index (Phi) is 14.3. The molecule has 1 unspecified atom stereocenters. The highest BCUT2D eigenvalue weighted by atomic mass is 19.4. The number of anilines is 1. The lowest BCUT2D eigenvalue weighted by Gasteiger charge is -2.35. The number of aromatic nitrogens is 2. The molecule has 14 heteroatoms. The van der Waals surface area contributed by atoms with Crippen LogP contribution >= 0.6 is 0 Å². The van der Waals surface area contributed by atoms with Gasteiger partial charge in [0.15, 0.2) is 5.82 Å². The zero-order valence-electron chi connectivity index (χ0n) is 35.7. The summed E-state index contributed by atoms with van der Waals surface area (Å²) in [5.41, 5.74) is 3.12. The van der Waals surface area contributed by atoms with E-state index in [9.17, 15) is 37.5 Å². The predicted octanol–water partition coefficient (Wildman–Crippen LogP) is 9.33. The molecule has 7 rings (SSSR count). The SMILES string of the molecule is CC[C@H]1CC[C@H](C2CC=C(c3cnc(-c4ccc(CN(CC(=O)N5CC[C@H](C(=O)O)C5)C(=O)c5ccc(NC(=O)Cc6ccc(OC)cc6C(F)(F)F)cc5)cc4)nc3)CC2)CC1. The van der Waals surface area contributed by atoms with E-state index in [1.165, 1.54) is 97.4 Å². The molecular formula is C49H54F3N5O6. The van der Waals surface area contributed by atoms with Gasteiger partial charge in [-0.05, 0) is 109 Å². The molecular weight excluding hydrogens is 812 g/mol. The molecule has 332 valence electrons. The molecule has 63 heavy (non-hydrogen) atoms. The molecule has 1 saturated heterocycles. The van der Waals surface area contributed by atoms with Gasteiger partial charge in [0.1, 0.15) is 12.3 Å². The summed E-state index contributed by atoms with van der Waals surface area (Å²) < 4.78 is 46.1. The smallest absolute Gasteiger partial charge is 0.416 e. The van der Waals surface area contributed by atoms with E-state index in [2.05, 4.69) is 18.3 Å². The highest BCUT2D eigenvalue weighted by Gasteiger charge is 2.35. The van der Waals surface area contributed by atoms with Gasteiger partial charge in [0.2, 0.25) is 11.8 Å². The second-order valence-electron chi connectivity index (χ2n) is 17.1. The first-order chi connectivity index (χ1) is 30.3. The van der Waals surface area contributed by atoms with Crippen LogP contribution in [0.25, 0.3) is 17.0 Å². The number of halogens is 3. The van der Waals surface area contributed by atoms with Crippen LogP contribution in [-0.4, -0.2) is 75.3 Å². The van der Waals surface area contributed by atoms with E-state index in [0.717, 1.165) is 53.4 Å². The van der Waals surface area contributed by atoms with E-state index in [-0.39, 0.29) is 54.7 Å². The van der Waals surface area contributed by atoms with Crippen LogP contribution in [-0.2, 0) is 33.5 Å². The van der Waals surface area contributed by atoms with Gasteiger partial charge in [0.25, 0.3) is 5.91 Å². The van der Waals surface area contributed by atoms with E-state index in [1.807, 2.05) is 36.7 Å². The van der Waals surface area contributed by atoms with Gasteiger partial charge in [-0.15, -0.1) is 0 Å². The van der Waals surface area contributed by atoms with Crippen molar-refractivity contribution in [1.29, 1.82) is 0 Å². The van der Waals surface area contributed by atoms with Crippen LogP contribution in [0.3, 0.4) is 0 Å². The number of allylic oxidation sites excluding steroid dienone is 2. The molecule has 3 amide bonds. The van der Waals surface area contributed by atoms with Gasteiger partial charge in [-0.2, -0.15) is 13.2 Å². The van der Waals surface area contributed by atoms with E-state index in [0.29, 0.717) is 12.2 Å². The number of carboxylic acids is 1. The third kappa shape index (κ3) is 11.3. The Labute approximate surface area is 365 Å². The number of carboxylic acid groups (broad SMARTS) is 1. The number of hydrogen-bond acceptors (Lipinski definition) is 7. The average Bonchev–Trinajstić information content (AvgIpc) is 3.81. The minimum absolute atomic E-state index is 0.0133. The van der Waals surface area contributed by atoms with Crippen LogP contribution in [0.4, 0.5) is 18.9 Å². The molecule has 3 aromatic carbocycles. The minimum atomic E-state index is -4.70. The molecule has 3 aliphatic rings. The van der Waals surface area contributed by atoms with Crippen molar-refractivity contribution in [3.05, 3.63) is 113 Å². The first-order valence-corrected chi connectivity index (χ1v) is 21.8. The molecule has 2 fully saturated rings. The Balaban J connectivity index is 1.00. The monoisotopic (exact) mass is 865 g/mol. The fourth-order valence-corrected chi connectivity index (χ4v) is 9.24. The lowest BCUT2D eigenvalue weighted by Crippen LogP contribution is -2.42. The number of nitrogens with one attached hydrogen (secondary N) is 1. The van der Waals surface area contributed by atoms with Crippen LogP contribution in [0.1, 0.15) is 97.3 Å². The van der Waals surface area contributed by atoms with Gasteiger partial charge in [0, 0.05) is 54.4 Å². The first-order valence-electron chi connectivity index (χ1n) is 21.8. The standard InChI is InChI=1S/C49H54F3N5O6/c1-3-31-4-8-33(9-5-31)34-12-14-35(15-13-34)40-26-53-46(54-27-40)36-10-6-32(7-11-36)28-57(30-45(59)56-23-22-39(29-56)48(61)62)47(60)37-16-19-41(20-17-37)55-44(58)24-38-18-21-42(63-2)25-43(38)49(50,51)52/h6-7,10-11,14,16-21,25-27,31,33-34,39H,3-5,8-9,12-13,15,22-24,28-30H2,1-2H3,(H,55,58)(H,61,62)/t31-,33-,34?,39-/m0/s1. The molecule has 0 radical (unpaired) electrons. The summed E-state index contributed by atoms with van der Waals surface area (Å²) in [6, 6.07) is 16.7. The molecule has 2 heterocycles. The van der Waals surface area contributed by atoms with Crippen LogP contribution in [0.5, 0.6) is 5.75 Å². The van der Waals surface area contributed by atoms with E-state index in [4.69, 9.17) is 14.7 Å². The number of nitrogens with zero attached hydrogens (tertiary/aromatic N) is 4. The maximum Gasteiger partial charge on any atom is 0.416 e. The summed E-state index contributed by atoms with van der Waals surface area (Å²) in [5.74, 6) is -0.144. The molecule has 1 saturated carbocycles. The second kappa shape index (κ2) is 20.0. The Morgan fingerprint density at radius 1 is 0.889 bits per heavy atom. The number of hydrogen-bond donors (Lipinski definition) is 2. The molecule has 2 atom stereocenters.